The summed E-state index contributed by atoms with van der Waals surface area (Å²) in [6, 6.07) is 0. The van der Waals surface area contributed by atoms with E-state index in [9.17, 15) is 9.59 Å². The molecule has 0 saturated carbocycles. The van der Waals surface area contributed by atoms with Gasteiger partial charge in [0, 0.05) is 19.0 Å². The number of thiazole rings is 1. The van der Waals surface area contributed by atoms with Crippen LogP contribution in [0, 0.1) is 5.92 Å². The maximum Gasteiger partial charge on any atom is 0.408 e. The van der Waals surface area contributed by atoms with Gasteiger partial charge in [-0.3, -0.25) is 4.79 Å². The monoisotopic (exact) mass is 327 g/mol. The van der Waals surface area contributed by atoms with Crippen molar-refractivity contribution < 1.29 is 14.3 Å². The van der Waals surface area contributed by atoms with E-state index in [1.54, 1.807) is 38.1 Å². The molecular formula is C15H25N3O3S. The van der Waals surface area contributed by atoms with Gasteiger partial charge >= 0.3 is 6.09 Å². The van der Waals surface area contributed by atoms with Crippen molar-refractivity contribution in [2.45, 2.75) is 46.8 Å². The Hall–Kier alpha value is -1.63. The van der Waals surface area contributed by atoms with E-state index in [-0.39, 0.29) is 12.5 Å². The number of hydrogen-bond donors (Lipinski definition) is 1. The van der Waals surface area contributed by atoms with Crippen LogP contribution in [0.1, 0.15) is 50.1 Å². The highest BCUT2D eigenvalue weighted by molar-refractivity contribution is 7.09. The van der Waals surface area contributed by atoms with Crippen LogP contribution in [0.25, 0.3) is 0 Å². The molecule has 1 N–H and O–H groups in total. The van der Waals surface area contributed by atoms with Gasteiger partial charge in [-0.05, 0) is 26.7 Å². The molecule has 124 valence electrons. The van der Waals surface area contributed by atoms with Crippen LogP contribution >= 0.6 is 11.3 Å². The maximum absolute atomic E-state index is 12.2. The van der Waals surface area contributed by atoms with Gasteiger partial charge < -0.3 is 15.0 Å². The molecule has 7 heteroatoms. The van der Waals surface area contributed by atoms with Gasteiger partial charge in [-0.1, -0.05) is 13.8 Å². The molecule has 0 aliphatic rings. The second kappa shape index (κ2) is 7.58. The molecule has 0 aliphatic carbocycles. The summed E-state index contributed by atoms with van der Waals surface area (Å²) in [5.41, 5.74) is -0.123. The highest BCUT2D eigenvalue weighted by atomic mass is 32.1. The number of nitrogens with one attached hydrogen (secondary N) is 1. The number of nitrogens with zero attached hydrogens (tertiary/aromatic N) is 2. The van der Waals surface area contributed by atoms with Gasteiger partial charge in [-0.15, -0.1) is 11.3 Å². The van der Waals surface area contributed by atoms with Crippen LogP contribution in [0.3, 0.4) is 0 Å². The Morgan fingerprint density at radius 3 is 2.59 bits per heavy atom. The second-order valence-corrected chi connectivity index (χ2v) is 7.50. The zero-order chi connectivity index (χ0) is 16.9. The number of alkyl carbamates (subject to hydrolysis) is 1. The Bertz CT molecular complexity index is 520. The van der Waals surface area contributed by atoms with Crippen LogP contribution in [-0.2, 0) is 11.3 Å². The van der Waals surface area contributed by atoms with Crippen LogP contribution < -0.4 is 5.32 Å². The number of rotatable bonds is 5. The number of carbonyl (C=O) groups is 2. The minimum Gasteiger partial charge on any atom is -0.444 e. The van der Waals surface area contributed by atoms with Gasteiger partial charge in [-0.2, -0.15) is 0 Å². The van der Waals surface area contributed by atoms with Crippen molar-refractivity contribution in [2.24, 2.45) is 5.92 Å². The first kappa shape index (κ1) is 18.4. The average molecular weight is 327 g/mol. The minimum absolute atomic E-state index is 0.103. The molecule has 6 nitrogen and oxygen atoms in total. The molecule has 0 saturated heterocycles. The van der Waals surface area contributed by atoms with E-state index >= 15 is 0 Å². The lowest BCUT2D eigenvalue weighted by Gasteiger charge is -2.19. The van der Waals surface area contributed by atoms with Gasteiger partial charge in [0.25, 0.3) is 5.91 Å². The Morgan fingerprint density at radius 2 is 2.05 bits per heavy atom. The van der Waals surface area contributed by atoms with E-state index < -0.39 is 11.7 Å². The third kappa shape index (κ3) is 6.43. The predicted molar refractivity (Wildman–Crippen MR) is 87.0 cm³/mol. The summed E-state index contributed by atoms with van der Waals surface area (Å²) >= 11 is 1.35. The van der Waals surface area contributed by atoms with Crippen molar-refractivity contribution in [1.82, 2.24) is 15.2 Å². The Balaban J connectivity index is 2.54. The fraction of sp³-hybridized carbons (Fsp3) is 0.667. The fourth-order valence-electron chi connectivity index (χ4n) is 1.78. The molecule has 1 aromatic rings. The van der Waals surface area contributed by atoms with Crippen molar-refractivity contribution in [3.05, 3.63) is 16.1 Å². The molecule has 2 amide bonds. The molecule has 0 atom stereocenters. The lowest BCUT2D eigenvalue weighted by molar-refractivity contribution is 0.0523. The Morgan fingerprint density at radius 1 is 1.41 bits per heavy atom. The largest absolute Gasteiger partial charge is 0.444 e. The number of carbonyl (C=O) groups excluding carboxylic acids is 2. The highest BCUT2D eigenvalue weighted by Crippen LogP contribution is 2.13. The topological polar surface area (TPSA) is 71.5 Å². The molecule has 0 bridgehead atoms. The number of ether oxygens (including phenoxy) is 1. The van der Waals surface area contributed by atoms with Crippen molar-refractivity contribution in [3.8, 4) is 0 Å². The molecule has 0 aromatic carbocycles. The zero-order valence-electron chi connectivity index (χ0n) is 14.1. The molecule has 1 heterocycles. The van der Waals surface area contributed by atoms with E-state index in [0.717, 1.165) is 0 Å². The summed E-state index contributed by atoms with van der Waals surface area (Å²) in [6.45, 7) is 10.5. The van der Waals surface area contributed by atoms with Crippen LogP contribution in [0.2, 0.25) is 0 Å². The smallest absolute Gasteiger partial charge is 0.408 e. The van der Waals surface area contributed by atoms with Gasteiger partial charge in [-0.25, -0.2) is 9.78 Å². The molecule has 0 spiro atoms. The van der Waals surface area contributed by atoms with E-state index in [1.807, 2.05) is 0 Å². The van der Waals surface area contributed by atoms with Crippen LogP contribution in [0.15, 0.2) is 5.38 Å². The lowest BCUT2D eigenvalue weighted by atomic mass is 10.2. The quantitative estimate of drug-likeness (QED) is 0.902. The van der Waals surface area contributed by atoms with Crippen LogP contribution in [0.5, 0.6) is 0 Å². The minimum atomic E-state index is -0.534. The number of amides is 2. The molecule has 0 unspecified atom stereocenters. The van der Waals surface area contributed by atoms with Crippen molar-refractivity contribution in [3.63, 3.8) is 0 Å². The molecule has 1 aromatic heterocycles. The summed E-state index contributed by atoms with van der Waals surface area (Å²) in [6.07, 6.45) is -0.493. The third-order valence-corrected chi connectivity index (χ3v) is 3.39. The normalized spacial score (nSPS) is 11.4. The van der Waals surface area contributed by atoms with Crippen molar-refractivity contribution in [1.29, 1.82) is 0 Å². The first-order valence-corrected chi connectivity index (χ1v) is 8.13. The summed E-state index contributed by atoms with van der Waals surface area (Å²) in [5, 5.41) is 5.02. The van der Waals surface area contributed by atoms with Gasteiger partial charge in [0.05, 0.1) is 6.54 Å². The van der Waals surface area contributed by atoms with E-state index in [4.69, 9.17) is 4.74 Å². The molecule has 1 rings (SSSR count). The molecule has 0 radical (unpaired) electrons. The molecule has 0 fully saturated rings. The first-order chi connectivity index (χ1) is 10.1. The average Bonchev–Trinajstić information content (AvgIpc) is 2.81. The summed E-state index contributed by atoms with van der Waals surface area (Å²) in [5.74, 6) is 0.300. The fourth-order valence-corrected chi connectivity index (χ4v) is 2.49. The molecule has 0 aliphatic heterocycles. The van der Waals surface area contributed by atoms with Gasteiger partial charge in [0.15, 0.2) is 0 Å². The van der Waals surface area contributed by atoms with Crippen molar-refractivity contribution >= 4 is 23.3 Å². The van der Waals surface area contributed by atoms with Crippen LogP contribution in [0.4, 0.5) is 4.79 Å². The first-order valence-electron chi connectivity index (χ1n) is 7.25. The Kier molecular flexibility index (Phi) is 6.34. The van der Waals surface area contributed by atoms with E-state index in [0.29, 0.717) is 23.2 Å². The summed E-state index contributed by atoms with van der Waals surface area (Å²) < 4.78 is 5.15. The number of aromatic nitrogens is 1. The van der Waals surface area contributed by atoms with Crippen molar-refractivity contribution in [2.75, 3.05) is 13.6 Å². The van der Waals surface area contributed by atoms with E-state index in [2.05, 4.69) is 24.1 Å². The summed E-state index contributed by atoms with van der Waals surface area (Å²) in [4.78, 5) is 29.7. The zero-order valence-corrected chi connectivity index (χ0v) is 14.9. The van der Waals surface area contributed by atoms with E-state index in [1.165, 1.54) is 11.3 Å². The maximum atomic E-state index is 12.2. The van der Waals surface area contributed by atoms with Crippen LogP contribution in [-0.4, -0.2) is 41.1 Å². The third-order valence-electron chi connectivity index (χ3n) is 2.54. The van der Waals surface area contributed by atoms with Gasteiger partial charge in [0.2, 0.25) is 0 Å². The predicted octanol–water partition coefficient (Wildman–Crippen LogP) is 2.90. The highest BCUT2D eigenvalue weighted by Gasteiger charge is 2.18. The lowest BCUT2D eigenvalue weighted by Crippen LogP contribution is -2.32. The number of hydrogen-bond acceptors (Lipinski definition) is 5. The molecular weight excluding hydrogens is 302 g/mol. The standard InChI is InChI=1S/C15H25N3O3S/c1-10(2)8-18(6)13(19)11-9-22-12(17-11)7-16-14(20)21-15(3,4)5/h9-10H,7-8H2,1-6H3,(H,16,20). The Labute approximate surface area is 135 Å². The van der Waals surface area contributed by atoms with Gasteiger partial charge in [0.1, 0.15) is 16.3 Å². The second-order valence-electron chi connectivity index (χ2n) is 6.56. The summed E-state index contributed by atoms with van der Waals surface area (Å²) in [7, 11) is 1.76. The SMILES string of the molecule is CC(C)CN(C)C(=O)c1csc(CNC(=O)OC(C)(C)C)n1. The molecule has 22 heavy (non-hydrogen) atoms.